The topological polar surface area (TPSA) is 56.2 Å². The van der Waals surface area contributed by atoms with E-state index >= 15 is 0 Å². The zero-order valence-electron chi connectivity index (χ0n) is 14.3. The van der Waals surface area contributed by atoms with Gasteiger partial charge in [-0.05, 0) is 44.2 Å². The maximum Gasteiger partial charge on any atom is 0.262 e. The minimum absolute atomic E-state index is 0.187. The molecule has 0 aliphatic heterocycles. The number of hydrogen-bond donors (Lipinski definition) is 1. The maximum atomic E-state index is 13.6. The van der Waals surface area contributed by atoms with E-state index in [0.29, 0.717) is 17.4 Å². The molecule has 0 spiro atoms. The highest BCUT2D eigenvalue weighted by atomic mass is 19.1. The fourth-order valence-electron chi connectivity index (χ4n) is 2.56. The number of halogens is 2. The summed E-state index contributed by atoms with van der Waals surface area (Å²) in [7, 11) is 0. The molecule has 0 aliphatic carbocycles. The fraction of sp³-hybridized carbons (Fsp3) is 0.158. The number of anilines is 1. The molecule has 7 heteroatoms. The van der Waals surface area contributed by atoms with Crippen molar-refractivity contribution in [2.45, 2.75) is 13.8 Å². The average Bonchev–Trinajstić information content (AvgIpc) is 2.93. The number of carbonyl (C=O) groups excluding carboxylic acids is 1. The smallest absolute Gasteiger partial charge is 0.262 e. The highest BCUT2D eigenvalue weighted by Crippen LogP contribution is 2.22. The van der Waals surface area contributed by atoms with E-state index in [1.165, 1.54) is 0 Å². The summed E-state index contributed by atoms with van der Waals surface area (Å²) in [5.74, 6) is -2.23. The number of carbonyl (C=O) groups is 1. The van der Waals surface area contributed by atoms with Gasteiger partial charge in [0.05, 0.1) is 17.1 Å². The van der Waals surface area contributed by atoms with Crippen molar-refractivity contribution < 1.29 is 18.3 Å². The normalized spacial score (nSPS) is 10.6. The van der Waals surface area contributed by atoms with E-state index in [-0.39, 0.29) is 5.75 Å². The predicted molar refractivity (Wildman–Crippen MR) is 93.5 cm³/mol. The van der Waals surface area contributed by atoms with Crippen LogP contribution in [-0.2, 0) is 4.79 Å². The molecule has 5 nitrogen and oxygen atoms in total. The van der Waals surface area contributed by atoms with Crippen molar-refractivity contribution in [3.05, 3.63) is 71.6 Å². The number of aryl methyl sites for hydroxylation is 2. The monoisotopic (exact) mass is 357 g/mol. The molecule has 0 saturated carbocycles. The molecule has 0 bridgehead atoms. The summed E-state index contributed by atoms with van der Waals surface area (Å²) < 4.78 is 33.3. The maximum absolute atomic E-state index is 13.6. The quantitative estimate of drug-likeness (QED) is 0.756. The summed E-state index contributed by atoms with van der Waals surface area (Å²) in [5.41, 5.74) is 3.04. The van der Waals surface area contributed by atoms with Crippen LogP contribution in [0.15, 0.2) is 48.5 Å². The molecule has 0 radical (unpaired) electrons. The molecule has 0 atom stereocenters. The average molecular weight is 357 g/mol. The van der Waals surface area contributed by atoms with Crippen LogP contribution in [0.2, 0.25) is 0 Å². The lowest BCUT2D eigenvalue weighted by atomic mass is 10.2. The van der Waals surface area contributed by atoms with Gasteiger partial charge in [0.1, 0.15) is 5.82 Å². The lowest BCUT2D eigenvalue weighted by Crippen LogP contribution is -2.21. The zero-order valence-corrected chi connectivity index (χ0v) is 14.3. The van der Waals surface area contributed by atoms with Crippen molar-refractivity contribution in [3.8, 4) is 11.4 Å². The number of ether oxygens (including phenoxy) is 1. The summed E-state index contributed by atoms with van der Waals surface area (Å²) in [5, 5.41) is 7.14. The first kappa shape index (κ1) is 17.6. The molecule has 1 aromatic heterocycles. The Kier molecular flexibility index (Phi) is 4.97. The van der Waals surface area contributed by atoms with E-state index in [0.717, 1.165) is 23.5 Å². The third kappa shape index (κ3) is 3.88. The van der Waals surface area contributed by atoms with Gasteiger partial charge in [0.25, 0.3) is 5.91 Å². The molecule has 3 aromatic rings. The van der Waals surface area contributed by atoms with Crippen LogP contribution in [0.4, 0.5) is 14.5 Å². The predicted octanol–water partition coefficient (Wildman–Crippen LogP) is 3.78. The summed E-state index contributed by atoms with van der Waals surface area (Å²) in [6, 6.07) is 12.0. The highest BCUT2D eigenvalue weighted by Gasteiger charge is 2.12. The van der Waals surface area contributed by atoms with Crippen LogP contribution in [0.3, 0.4) is 0 Å². The number of benzene rings is 2. The van der Waals surface area contributed by atoms with Crippen LogP contribution in [0, 0.1) is 25.5 Å². The summed E-state index contributed by atoms with van der Waals surface area (Å²) in [4.78, 5) is 12.2. The standard InChI is InChI=1S/C19H17F2N3O2/c1-12-9-13(2)24(23-12)17-6-4-3-5-16(17)22-19(25)11-26-18-8-7-14(20)10-15(18)21/h3-10H,11H2,1-2H3,(H,22,25). The summed E-state index contributed by atoms with van der Waals surface area (Å²) >= 11 is 0. The van der Waals surface area contributed by atoms with E-state index in [2.05, 4.69) is 10.4 Å². The first-order valence-corrected chi connectivity index (χ1v) is 7.94. The van der Waals surface area contributed by atoms with Crippen molar-refractivity contribution in [1.82, 2.24) is 9.78 Å². The van der Waals surface area contributed by atoms with Gasteiger partial charge in [-0.25, -0.2) is 13.5 Å². The van der Waals surface area contributed by atoms with E-state index in [9.17, 15) is 13.6 Å². The van der Waals surface area contributed by atoms with Crippen LogP contribution in [0.25, 0.3) is 5.69 Å². The van der Waals surface area contributed by atoms with E-state index < -0.39 is 24.1 Å². The molecule has 0 fully saturated rings. The van der Waals surface area contributed by atoms with Crippen molar-refractivity contribution in [2.24, 2.45) is 0 Å². The second-order valence-electron chi connectivity index (χ2n) is 5.77. The van der Waals surface area contributed by atoms with Crippen LogP contribution < -0.4 is 10.1 Å². The number of rotatable bonds is 5. The second-order valence-corrected chi connectivity index (χ2v) is 5.77. The number of para-hydroxylation sites is 2. The van der Waals surface area contributed by atoms with Gasteiger partial charge < -0.3 is 10.1 Å². The number of amides is 1. The first-order valence-electron chi connectivity index (χ1n) is 7.94. The zero-order chi connectivity index (χ0) is 18.7. The fourth-order valence-corrected chi connectivity index (χ4v) is 2.56. The molecular formula is C19H17F2N3O2. The van der Waals surface area contributed by atoms with Gasteiger partial charge >= 0.3 is 0 Å². The van der Waals surface area contributed by atoms with Crippen LogP contribution in [0.1, 0.15) is 11.4 Å². The van der Waals surface area contributed by atoms with Gasteiger partial charge in [-0.15, -0.1) is 0 Å². The summed E-state index contributed by atoms with van der Waals surface area (Å²) in [6.45, 7) is 3.39. The Morgan fingerprint density at radius 1 is 1.15 bits per heavy atom. The minimum atomic E-state index is -0.860. The molecule has 1 amide bonds. The van der Waals surface area contributed by atoms with Crippen molar-refractivity contribution in [3.63, 3.8) is 0 Å². The number of nitrogens with one attached hydrogen (secondary N) is 1. The van der Waals surface area contributed by atoms with Gasteiger partial charge in [0, 0.05) is 11.8 Å². The molecule has 1 heterocycles. The van der Waals surface area contributed by atoms with Crippen molar-refractivity contribution in [1.29, 1.82) is 0 Å². The van der Waals surface area contributed by atoms with Crippen LogP contribution in [0.5, 0.6) is 5.75 Å². The molecule has 0 saturated heterocycles. The summed E-state index contributed by atoms with van der Waals surface area (Å²) in [6.07, 6.45) is 0. The van der Waals surface area contributed by atoms with Gasteiger partial charge in [-0.3, -0.25) is 4.79 Å². The minimum Gasteiger partial charge on any atom is -0.481 e. The van der Waals surface area contributed by atoms with Crippen LogP contribution >= 0.6 is 0 Å². The molecule has 0 aliphatic rings. The van der Waals surface area contributed by atoms with Gasteiger partial charge in [0.15, 0.2) is 18.2 Å². The molecule has 2 aromatic carbocycles. The number of nitrogens with zero attached hydrogens (tertiary/aromatic N) is 2. The Labute approximate surface area is 149 Å². The molecule has 1 N–H and O–H groups in total. The van der Waals surface area contributed by atoms with Crippen molar-refractivity contribution >= 4 is 11.6 Å². The lowest BCUT2D eigenvalue weighted by molar-refractivity contribution is -0.118. The van der Waals surface area contributed by atoms with Gasteiger partial charge in [-0.1, -0.05) is 12.1 Å². The molecule has 3 rings (SSSR count). The Hall–Kier alpha value is -3.22. The SMILES string of the molecule is Cc1cc(C)n(-c2ccccc2NC(=O)COc2ccc(F)cc2F)n1. The molecular weight excluding hydrogens is 340 g/mol. The molecule has 0 unspecified atom stereocenters. The molecule has 26 heavy (non-hydrogen) atoms. The van der Waals surface area contributed by atoms with Gasteiger partial charge in [-0.2, -0.15) is 5.10 Å². The van der Waals surface area contributed by atoms with E-state index in [4.69, 9.17) is 4.74 Å². The van der Waals surface area contributed by atoms with Crippen molar-refractivity contribution in [2.75, 3.05) is 11.9 Å². The Bertz CT molecular complexity index is 954. The highest BCUT2D eigenvalue weighted by molar-refractivity contribution is 5.93. The van der Waals surface area contributed by atoms with E-state index in [1.54, 1.807) is 16.8 Å². The molecule has 134 valence electrons. The largest absolute Gasteiger partial charge is 0.481 e. The Morgan fingerprint density at radius 3 is 2.62 bits per heavy atom. The Balaban J connectivity index is 1.73. The van der Waals surface area contributed by atoms with Gasteiger partial charge in [0.2, 0.25) is 0 Å². The van der Waals surface area contributed by atoms with E-state index in [1.807, 2.05) is 32.0 Å². The second kappa shape index (κ2) is 7.35. The lowest BCUT2D eigenvalue weighted by Gasteiger charge is -2.13. The number of hydrogen-bond acceptors (Lipinski definition) is 3. The third-order valence-corrected chi connectivity index (χ3v) is 3.67. The first-order chi connectivity index (χ1) is 12.4. The van der Waals surface area contributed by atoms with Crippen LogP contribution in [-0.4, -0.2) is 22.3 Å². The number of aromatic nitrogens is 2. The third-order valence-electron chi connectivity index (χ3n) is 3.67. The Morgan fingerprint density at radius 2 is 1.92 bits per heavy atom.